The van der Waals surface area contributed by atoms with Gasteiger partial charge in [-0.3, -0.25) is 15.0 Å². The first-order valence-corrected chi connectivity index (χ1v) is 8.65. The molecule has 142 valence electrons. The summed E-state index contributed by atoms with van der Waals surface area (Å²) in [5.74, 6) is -1.13. The van der Waals surface area contributed by atoms with Crippen molar-refractivity contribution in [2.75, 3.05) is 12.0 Å². The summed E-state index contributed by atoms with van der Waals surface area (Å²) >= 11 is 0. The van der Waals surface area contributed by atoms with Gasteiger partial charge in [0.15, 0.2) is 11.5 Å². The third-order valence-electron chi connectivity index (χ3n) is 3.83. The van der Waals surface area contributed by atoms with Crippen LogP contribution in [0.25, 0.3) is 11.0 Å². The lowest BCUT2D eigenvalue weighted by Crippen LogP contribution is -2.23. The highest BCUT2D eigenvalue weighted by Gasteiger charge is 2.19. The van der Waals surface area contributed by atoms with E-state index in [-0.39, 0.29) is 30.3 Å². The summed E-state index contributed by atoms with van der Waals surface area (Å²) in [4.78, 5) is 43.6. The number of carbonyl (C=O) groups excluding carboxylic acids is 2. The lowest BCUT2D eigenvalue weighted by atomic mass is 10.1. The molecule has 28 heavy (non-hydrogen) atoms. The quantitative estimate of drug-likeness (QED) is 0.283. The van der Waals surface area contributed by atoms with E-state index in [1.165, 1.54) is 0 Å². The van der Waals surface area contributed by atoms with Crippen molar-refractivity contribution in [2.24, 2.45) is 5.10 Å². The number of H-pyrrole nitrogens is 1. The van der Waals surface area contributed by atoms with Gasteiger partial charge in [0, 0.05) is 5.56 Å². The van der Waals surface area contributed by atoms with Crippen LogP contribution in [0.5, 0.6) is 0 Å². The van der Waals surface area contributed by atoms with E-state index in [9.17, 15) is 14.4 Å². The van der Waals surface area contributed by atoms with Gasteiger partial charge in [-0.1, -0.05) is 42.5 Å². The van der Waals surface area contributed by atoms with Gasteiger partial charge in [-0.15, -0.1) is 0 Å². The molecule has 8 heteroatoms. The van der Waals surface area contributed by atoms with Crippen LogP contribution in [0.3, 0.4) is 0 Å². The topological polar surface area (TPSA) is 114 Å². The predicted molar refractivity (Wildman–Crippen MR) is 105 cm³/mol. The number of hydrogen-bond donors (Lipinski definition) is 2. The van der Waals surface area contributed by atoms with Crippen LogP contribution in [0.1, 0.15) is 23.7 Å². The summed E-state index contributed by atoms with van der Waals surface area (Å²) < 4.78 is 4.96. The molecule has 8 nitrogen and oxygen atoms in total. The van der Waals surface area contributed by atoms with E-state index >= 15 is 0 Å². The molecule has 0 aliphatic heterocycles. The minimum atomic E-state index is -0.739. The highest BCUT2D eigenvalue weighted by molar-refractivity contribution is 6.40. The second-order valence-corrected chi connectivity index (χ2v) is 5.79. The van der Waals surface area contributed by atoms with Gasteiger partial charge in [0.05, 0.1) is 24.1 Å². The third-order valence-corrected chi connectivity index (χ3v) is 3.83. The van der Waals surface area contributed by atoms with E-state index in [2.05, 4.69) is 20.5 Å². The lowest BCUT2D eigenvalue weighted by Gasteiger charge is -2.07. The fraction of sp³-hybridized carbons (Fsp3) is 0.150. The van der Waals surface area contributed by atoms with Gasteiger partial charge in [-0.2, -0.15) is 5.10 Å². The molecule has 0 aliphatic rings. The molecular formula is C20H18N4O4. The van der Waals surface area contributed by atoms with Crippen molar-refractivity contribution < 1.29 is 14.3 Å². The first kappa shape index (κ1) is 19.0. The number of carbonyl (C=O) groups is 2. The molecule has 0 aliphatic carbocycles. The second kappa shape index (κ2) is 8.72. The van der Waals surface area contributed by atoms with E-state index in [0.717, 1.165) is 0 Å². The van der Waals surface area contributed by atoms with Crippen LogP contribution >= 0.6 is 0 Å². The smallest absolute Gasteiger partial charge is 0.354 e. The van der Waals surface area contributed by atoms with E-state index in [1.807, 2.05) is 0 Å². The molecule has 0 bridgehead atoms. The number of esters is 1. The Morgan fingerprint density at radius 3 is 2.57 bits per heavy atom. The fourth-order valence-electron chi connectivity index (χ4n) is 2.48. The maximum absolute atomic E-state index is 12.4. The first-order chi connectivity index (χ1) is 13.6. The summed E-state index contributed by atoms with van der Waals surface area (Å²) in [5.41, 5.74) is 3.41. The number of hydrazone groups is 1. The number of ether oxygens (including phenoxy) is 1. The summed E-state index contributed by atoms with van der Waals surface area (Å²) in [6.07, 6.45) is -0.276. The average molecular weight is 378 g/mol. The van der Waals surface area contributed by atoms with Crippen molar-refractivity contribution >= 4 is 34.3 Å². The van der Waals surface area contributed by atoms with Gasteiger partial charge in [0.1, 0.15) is 0 Å². The Bertz CT molecular complexity index is 1090. The Hall–Kier alpha value is -3.81. The van der Waals surface area contributed by atoms with Crippen LogP contribution < -0.4 is 11.0 Å². The fourth-order valence-corrected chi connectivity index (χ4v) is 2.48. The first-order valence-electron chi connectivity index (χ1n) is 8.65. The Morgan fingerprint density at radius 2 is 1.82 bits per heavy atom. The standard InChI is InChI=1S/C20H18N4O4/c1-2-28-20(27)16(12-17(25)13-8-4-3-5-9-13)23-24-18-19(26)22-15-11-7-6-10-14(15)21-18/h3-11H,2,12H2,1H3,(H,21,24)(H,22,26)/b23-16+. The van der Waals surface area contributed by atoms with Crippen LogP contribution in [0.4, 0.5) is 5.82 Å². The van der Waals surface area contributed by atoms with E-state index in [0.29, 0.717) is 16.6 Å². The molecule has 0 saturated carbocycles. The van der Waals surface area contributed by atoms with Crippen molar-refractivity contribution in [3.63, 3.8) is 0 Å². The molecular weight excluding hydrogens is 360 g/mol. The molecule has 2 N–H and O–H groups in total. The van der Waals surface area contributed by atoms with Crippen molar-refractivity contribution in [1.82, 2.24) is 9.97 Å². The number of ketones is 1. The monoisotopic (exact) mass is 378 g/mol. The SMILES string of the molecule is CCOC(=O)/C(CC(=O)c1ccccc1)=N/Nc1nc2ccccc2[nH]c1=O. The summed E-state index contributed by atoms with van der Waals surface area (Å²) in [7, 11) is 0. The zero-order valence-corrected chi connectivity index (χ0v) is 15.1. The number of rotatable bonds is 7. The highest BCUT2D eigenvalue weighted by Crippen LogP contribution is 2.09. The number of para-hydroxylation sites is 2. The normalized spacial score (nSPS) is 11.2. The van der Waals surface area contributed by atoms with Gasteiger partial charge in [-0.25, -0.2) is 9.78 Å². The summed E-state index contributed by atoms with van der Waals surface area (Å²) in [6.45, 7) is 1.78. The molecule has 0 spiro atoms. The number of nitrogens with zero attached hydrogens (tertiary/aromatic N) is 2. The molecule has 0 fully saturated rings. The van der Waals surface area contributed by atoms with Crippen LogP contribution in [0.15, 0.2) is 64.5 Å². The van der Waals surface area contributed by atoms with E-state index in [1.54, 1.807) is 61.5 Å². The maximum atomic E-state index is 12.4. The lowest BCUT2D eigenvalue weighted by molar-refractivity contribution is -0.135. The number of hydrogen-bond acceptors (Lipinski definition) is 7. The van der Waals surface area contributed by atoms with Crippen molar-refractivity contribution in [2.45, 2.75) is 13.3 Å². The Kier molecular flexibility index (Phi) is 5.91. The summed E-state index contributed by atoms with van der Waals surface area (Å²) in [5, 5.41) is 3.93. The van der Waals surface area contributed by atoms with Gasteiger partial charge in [0.2, 0.25) is 5.82 Å². The number of nitrogens with one attached hydrogen (secondary N) is 2. The third kappa shape index (κ3) is 4.47. The van der Waals surface area contributed by atoms with Crippen LogP contribution in [0, 0.1) is 0 Å². The molecule has 2 aromatic carbocycles. The average Bonchev–Trinajstić information content (AvgIpc) is 2.71. The molecule has 1 heterocycles. The van der Waals surface area contributed by atoms with E-state index in [4.69, 9.17) is 4.74 Å². The number of anilines is 1. The second-order valence-electron chi connectivity index (χ2n) is 5.79. The van der Waals surface area contributed by atoms with Gasteiger partial charge in [-0.05, 0) is 19.1 Å². The Balaban J connectivity index is 1.87. The van der Waals surface area contributed by atoms with Gasteiger partial charge in [0.25, 0.3) is 5.56 Å². The number of benzene rings is 2. The molecule has 0 unspecified atom stereocenters. The van der Waals surface area contributed by atoms with Crippen molar-refractivity contribution in [3.8, 4) is 0 Å². The van der Waals surface area contributed by atoms with E-state index < -0.39 is 11.5 Å². The Morgan fingerprint density at radius 1 is 1.11 bits per heavy atom. The van der Waals surface area contributed by atoms with Gasteiger partial charge < -0.3 is 9.72 Å². The number of aromatic amines is 1. The maximum Gasteiger partial charge on any atom is 0.354 e. The molecule has 0 saturated heterocycles. The van der Waals surface area contributed by atoms with Gasteiger partial charge >= 0.3 is 5.97 Å². The Labute approximate surface area is 160 Å². The largest absolute Gasteiger partial charge is 0.461 e. The van der Waals surface area contributed by atoms with Crippen LogP contribution in [-0.2, 0) is 9.53 Å². The minimum Gasteiger partial charge on any atom is -0.461 e. The zero-order chi connectivity index (χ0) is 19.9. The number of Topliss-reactive ketones (excluding diaryl/α,β-unsaturated/α-hetero) is 1. The number of fused-ring (bicyclic) bond motifs is 1. The molecule has 0 radical (unpaired) electrons. The molecule has 0 amide bonds. The van der Waals surface area contributed by atoms with Crippen LogP contribution in [0.2, 0.25) is 0 Å². The molecule has 3 aromatic rings. The van der Waals surface area contributed by atoms with Crippen LogP contribution in [-0.4, -0.2) is 34.0 Å². The minimum absolute atomic E-state index is 0.0901. The van der Waals surface area contributed by atoms with Crippen molar-refractivity contribution in [1.29, 1.82) is 0 Å². The highest BCUT2D eigenvalue weighted by atomic mass is 16.5. The zero-order valence-electron chi connectivity index (χ0n) is 15.1. The molecule has 3 rings (SSSR count). The molecule has 0 atom stereocenters. The number of aromatic nitrogens is 2. The van der Waals surface area contributed by atoms with Crippen molar-refractivity contribution in [3.05, 3.63) is 70.5 Å². The predicted octanol–water partition coefficient (Wildman–Crippen LogP) is 2.53. The molecule has 1 aromatic heterocycles. The summed E-state index contributed by atoms with van der Waals surface area (Å²) in [6, 6.07) is 15.5.